The highest BCUT2D eigenvalue weighted by Crippen LogP contribution is 2.33. The van der Waals surface area contributed by atoms with Crippen molar-refractivity contribution in [2.75, 3.05) is 18.1 Å². The monoisotopic (exact) mass is 320 g/mol. The maximum atomic E-state index is 5.71. The van der Waals surface area contributed by atoms with Crippen LogP contribution in [0.5, 0.6) is 0 Å². The molecule has 0 radical (unpaired) electrons. The van der Waals surface area contributed by atoms with Gasteiger partial charge in [-0.15, -0.1) is 0 Å². The Morgan fingerprint density at radius 3 is 3.00 bits per heavy atom. The summed E-state index contributed by atoms with van der Waals surface area (Å²) in [5.74, 6) is 0. The molecule has 1 fully saturated rings. The topological polar surface area (TPSA) is 25.4 Å². The first-order valence-electron chi connectivity index (χ1n) is 6.58. The fourth-order valence-corrected chi connectivity index (χ4v) is 3.06. The van der Waals surface area contributed by atoms with Gasteiger partial charge < -0.3 is 9.64 Å². The van der Waals surface area contributed by atoms with Gasteiger partial charge in [0, 0.05) is 34.3 Å². The number of rotatable bonds is 1. The Balaban J connectivity index is 2.12. The first kappa shape index (κ1) is 12.9. The second kappa shape index (κ2) is 5.10. The number of ether oxygens (including phenoxy) is 1. The van der Waals surface area contributed by atoms with E-state index in [1.54, 1.807) is 0 Å². The van der Waals surface area contributed by atoms with E-state index in [2.05, 4.69) is 57.9 Å². The number of fused-ring (bicyclic) bond motifs is 1. The molecule has 0 N–H and O–H groups in total. The fraction of sp³-hybridized carbons (Fsp3) is 0.400. The van der Waals surface area contributed by atoms with Crippen LogP contribution in [-0.4, -0.2) is 30.3 Å². The van der Waals surface area contributed by atoms with E-state index in [0.717, 1.165) is 23.1 Å². The van der Waals surface area contributed by atoms with Crippen LogP contribution in [-0.2, 0) is 4.74 Å². The highest BCUT2D eigenvalue weighted by molar-refractivity contribution is 9.10. The molecule has 0 aliphatic carbocycles. The third-order valence-corrected chi connectivity index (χ3v) is 4.25. The number of hydrogen-bond donors (Lipinski definition) is 0. The summed E-state index contributed by atoms with van der Waals surface area (Å²) in [5.41, 5.74) is 2.26. The van der Waals surface area contributed by atoms with E-state index in [1.165, 1.54) is 11.1 Å². The Kier molecular flexibility index (Phi) is 3.46. The SMILES string of the molecule is CC1CO[C@H](C)CN1c1ccc(Br)c2ncccc12. The largest absolute Gasteiger partial charge is 0.375 e. The van der Waals surface area contributed by atoms with Gasteiger partial charge in [0.2, 0.25) is 0 Å². The van der Waals surface area contributed by atoms with Crippen molar-refractivity contribution in [3.63, 3.8) is 0 Å². The summed E-state index contributed by atoms with van der Waals surface area (Å²) in [5, 5.41) is 1.19. The molecule has 2 atom stereocenters. The Hall–Kier alpha value is -1.13. The van der Waals surface area contributed by atoms with Gasteiger partial charge in [0.15, 0.2) is 0 Å². The molecule has 1 aromatic carbocycles. The first-order valence-corrected chi connectivity index (χ1v) is 7.37. The van der Waals surface area contributed by atoms with Gasteiger partial charge in [-0.05, 0) is 54.0 Å². The number of anilines is 1. The van der Waals surface area contributed by atoms with E-state index in [9.17, 15) is 0 Å². The van der Waals surface area contributed by atoms with E-state index in [1.807, 2.05) is 12.3 Å². The van der Waals surface area contributed by atoms with Crippen LogP contribution >= 0.6 is 15.9 Å². The zero-order valence-corrected chi connectivity index (χ0v) is 12.7. The van der Waals surface area contributed by atoms with Crippen LogP contribution in [0.1, 0.15) is 13.8 Å². The summed E-state index contributed by atoms with van der Waals surface area (Å²) < 4.78 is 6.75. The number of nitrogens with zero attached hydrogens (tertiary/aromatic N) is 2. The highest BCUT2D eigenvalue weighted by atomic mass is 79.9. The Bertz CT molecular complexity index is 602. The number of hydrogen-bond acceptors (Lipinski definition) is 3. The van der Waals surface area contributed by atoms with Crippen molar-refractivity contribution in [1.29, 1.82) is 0 Å². The molecule has 0 saturated carbocycles. The Morgan fingerprint density at radius 1 is 1.32 bits per heavy atom. The van der Waals surface area contributed by atoms with E-state index in [-0.39, 0.29) is 6.10 Å². The molecule has 4 heteroatoms. The summed E-state index contributed by atoms with van der Waals surface area (Å²) in [4.78, 5) is 6.90. The molecule has 2 heterocycles. The van der Waals surface area contributed by atoms with Gasteiger partial charge in [-0.3, -0.25) is 4.98 Å². The summed E-state index contributed by atoms with van der Waals surface area (Å²) in [6, 6.07) is 8.77. The van der Waals surface area contributed by atoms with E-state index in [4.69, 9.17) is 4.74 Å². The van der Waals surface area contributed by atoms with Gasteiger partial charge >= 0.3 is 0 Å². The quantitative estimate of drug-likeness (QED) is 0.802. The molecule has 0 bridgehead atoms. The number of pyridine rings is 1. The van der Waals surface area contributed by atoms with Gasteiger partial charge in [-0.2, -0.15) is 0 Å². The molecule has 2 aromatic rings. The minimum absolute atomic E-state index is 0.270. The van der Waals surface area contributed by atoms with Crippen LogP contribution < -0.4 is 4.90 Å². The third-order valence-electron chi connectivity index (χ3n) is 3.61. The van der Waals surface area contributed by atoms with E-state index >= 15 is 0 Å². The summed E-state index contributed by atoms with van der Waals surface area (Å²) >= 11 is 3.58. The third kappa shape index (κ3) is 2.35. The zero-order chi connectivity index (χ0) is 13.4. The lowest BCUT2D eigenvalue weighted by Gasteiger charge is -2.39. The lowest BCUT2D eigenvalue weighted by Crippen LogP contribution is -2.47. The maximum Gasteiger partial charge on any atom is 0.0864 e. The standard InChI is InChI=1S/C15H17BrN2O/c1-10-9-19-11(2)8-18(10)14-6-5-13(16)15-12(14)4-3-7-17-15/h3-7,10-11H,8-9H2,1-2H3/t10?,11-/m1/s1. The highest BCUT2D eigenvalue weighted by Gasteiger charge is 2.25. The lowest BCUT2D eigenvalue weighted by atomic mass is 10.1. The Morgan fingerprint density at radius 2 is 2.16 bits per heavy atom. The molecule has 3 rings (SSSR count). The minimum atomic E-state index is 0.270. The summed E-state index contributed by atoms with van der Waals surface area (Å²) in [6.45, 7) is 6.03. The molecule has 100 valence electrons. The van der Waals surface area contributed by atoms with Crippen LogP contribution in [0.3, 0.4) is 0 Å². The molecule has 3 nitrogen and oxygen atoms in total. The van der Waals surface area contributed by atoms with E-state index < -0.39 is 0 Å². The number of benzene rings is 1. The van der Waals surface area contributed by atoms with Crippen molar-refractivity contribution < 1.29 is 4.74 Å². The van der Waals surface area contributed by atoms with Crippen molar-refractivity contribution in [1.82, 2.24) is 4.98 Å². The van der Waals surface area contributed by atoms with Crippen LogP contribution in [0.2, 0.25) is 0 Å². The van der Waals surface area contributed by atoms with Gasteiger partial charge in [0.1, 0.15) is 0 Å². The average molecular weight is 321 g/mol. The molecular formula is C15H17BrN2O. The van der Waals surface area contributed by atoms with Crippen molar-refractivity contribution in [3.8, 4) is 0 Å². The molecule has 1 aromatic heterocycles. The second-order valence-corrected chi connectivity index (χ2v) is 5.97. The van der Waals surface area contributed by atoms with E-state index in [0.29, 0.717) is 6.04 Å². The average Bonchev–Trinajstić information content (AvgIpc) is 2.43. The van der Waals surface area contributed by atoms with Crippen LogP contribution in [0.15, 0.2) is 34.9 Å². The molecule has 19 heavy (non-hydrogen) atoms. The number of aromatic nitrogens is 1. The predicted octanol–water partition coefficient (Wildman–Crippen LogP) is 3.61. The maximum absolute atomic E-state index is 5.71. The van der Waals surface area contributed by atoms with Gasteiger partial charge in [0.25, 0.3) is 0 Å². The molecular weight excluding hydrogens is 304 g/mol. The van der Waals surface area contributed by atoms with Crippen LogP contribution in [0.4, 0.5) is 5.69 Å². The molecule has 1 unspecified atom stereocenters. The molecule has 0 spiro atoms. The second-order valence-electron chi connectivity index (χ2n) is 5.11. The van der Waals surface area contributed by atoms with Gasteiger partial charge in [-0.25, -0.2) is 0 Å². The van der Waals surface area contributed by atoms with Gasteiger partial charge in [0.05, 0.1) is 18.2 Å². The molecule has 1 aliphatic heterocycles. The summed E-state index contributed by atoms with van der Waals surface area (Å²) in [7, 11) is 0. The zero-order valence-electron chi connectivity index (χ0n) is 11.1. The first-order chi connectivity index (χ1) is 9.16. The fourth-order valence-electron chi connectivity index (χ4n) is 2.61. The van der Waals surface area contributed by atoms with Crippen molar-refractivity contribution in [2.45, 2.75) is 26.0 Å². The number of halogens is 1. The Labute approximate surface area is 121 Å². The van der Waals surface area contributed by atoms with Crippen molar-refractivity contribution in [2.24, 2.45) is 0 Å². The smallest absolute Gasteiger partial charge is 0.0864 e. The predicted molar refractivity (Wildman–Crippen MR) is 81.7 cm³/mol. The van der Waals surface area contributed by atoms with Crippen LogP contribution in [0.25, 0.3) is 10.9 Å². The molecule has 1 saturated heterocycles. The van der Waals surface area contributed by atoms with Crippen LogP contribution in [0, 0.1) is 0 Å². The van der Waals surface area contributed by atoms with Crippen molar-refractivity contribution >= 4 is 32.5 Å². The normalized spacial score (nSPS) is 23.8. The molecule has 0 amide bonds. The molecule has 1 aliphatic rings. The van der Waals surface area contributed by atoms with Crippen molar-refractivity contribution in [3.05, 3.63) is 34.9 Å². The lowest BCUT2D eigenvalue weighted by molar-refractivity contribution is 0.0345. The number of morpholine rings is 1. The summed E-state index contributed by atoms with van der Waals surface area (Å²) in [6.07, 6.45) is 2.11. The van der Waals surface area contributed by atoms with Gasteiger partial charge in [-0.1, -0.05) is 0 Å². The minimum Gasteiger partial charge on any atom is -0.375 e.